The average Bonchev–Trinajstić information content (AvgIpc) is 2.92. The number of anilines is 4. The molecule has 4 aromatic rings. The van der Waals surface area contributed by atoms with Crippen molar-refractivity contribution in [2.45, 2.75) is 0 Å². The third kappa shape index (κ3) is 5.54. The van der Waals surface area contributed by atoms with E-state index < -0.39 is 5.97 Å². The lowest BCUT2D eigenvalue weighted by atomic mass is 9.99. The predicted octanol–water partition coefficient (Wildman–Crippen LogP) is 7.55. The molecule has 0 N–H and O–H groups in total. The van der Waals surface area contributed by atoms with Crippen LogP contribution in [0.15, 0.2) is 91.0 Å². The molecule has 0 heterocycles. The van der Waals surface area contributed by atoms with Crippen LogP contribution in [0.3, 0.4) is 0 Å². The highest BCUT2D eigenvalue weighted by Gasteiger charge is 2.17. The van der Waals surface area contributed by atoms with Crippen molar-refractivity contribution in [1.29, 1.82) is 0 Å². The molecular formula is C29H24Cl2N2O3. The number of methoxy groups -OCH3 is 1. The van der Waals surface area contributed by atoms with Crippen LogP contribution in [0.25, 0.3) is 0 Å². The van der Waals surface area contributed by atoms with Gasteiger partial charge in [0.25, 0.3) is 0 Å². The summed E-state index contributed by atoms with van der Waals surface area (Å²) in [5.74, 6) is -0.720. The van der Waals surface area contributed by atoms with Crippen LogP contribution in [0.1, 0.15) is 26.3 Å². The number of hydrogen-bond donors (Lipinski definition) is 0. The Hall–Kier alpha value is -3.80. The lowest BCUT2D eigenvalue weighted by molar-refractivity contribution is 0.0600. The molecule has 0 atom stereocenters. The van der Waals surface area contributed by atoms with Crippen molar-refractivity contribution in [3.63, 3.8) is 0 Å². The topological polar surface area (TPSA) is 49.9 Å². The van der Waals surface area contributed by atoms with E-state index >= 15 is 0 Å². The summed E-state index contributed by atoms with van der Waals surface area (Å²) >= 11 is 12.0. The zero-order valence-corrected chi connectivity index (χ0v) is 21.5. The first-order valence-electron chi connectivity index (χ1n) is 11.1. The van der Waals surface area contributed by atoms with Gasteiger partial charge in [-0.1, -0.05) is 23.2 Å². The Bertz CT molecular complexity index is 1390. The number of ether oxygens (including phenoxy) is 1. The fourth-order valence-electron chi connectivity index (χ4n) is 3.80. The quantitative estimate of drug-likeness (QED) is 0.186. The minimum absolute atomic E-state index is 0.202. The Kier molecular flexibility index (Phi) is 7.63. The molecule has 0 aliphatic heterocycles. The fraction of sp³-hybridized carbons (Fsp3) is 0.103. The smallest absolute Gasteiger partial charge is 0.337 e. The van der Waals surface area contributed by atoms with Crippen LogP contribution in [0.4, 0.5) is 22.7 Å². The molecule has 0 fully saturated rings. The van der Waals surface area contributed by atoms with Crippen LogP contribution in [0.5, 0.6) is 0 Å². The molecule has 182 valence electrons. The number of benzene rings is 4. The monoisotopic (exact) mass is 518 g/mol. The van der Waals surface area contributed by atoms with Crippen molar-refractivity contribution in [2.24, 2.45) is 0 Å². The third-order valence-corrected chi connectivity index (χ3v) is 6.44. The van der Waals surface area contributed by atoms with E-state index in [0.717, 1.165) is 17.1 Å². The van der Waals surface area contributed by atoms with Gasteiger partial charge in [0.05, 0.1) is 12.7 Å². The van der Waals surface area contributed by atoms with E-state index in [9.17, 15) is 9.59 Å². The Morgan fingerprint density at radius 1 is 0.583 bits per heavy atom. The second-order valence-corrected chi connectivity index (χ2v) is 9.08. The molecule has 36 heavy (non-hydrogen) atoms. The van der Waals surface area contributed by atoms with Crippen LogP contribution in [-0.4, -0.2) is 33.0 Å². The maximum absolute atomic E-state index is 13.4. The normalized spacial score (nSPS) is 10.6. The number of carbonyl (C=O) groups is 2. The average molecular weight is 519 g/mol. The Morgan fingerprint density at radius 2 is 1.00 bits per heavy atom. The third-order valence-electron chi connectivity index (χ3n) is 5.93. The predicted molar refractivity (Wildman–Crippen MR) is 147 cm³/mol. The van der Waals surface area contributed by atoms with Crippen molar-refractivity contribution in [2.75, 3.05) is 31.0 Å². The Labute approximate surface area is 220 Å². The SMILES string of the molecule is COC(=O)c1cc(C(=O)c2ccc(N(C)c3ccc(Cl)cc3)cc2)cc(N(C)c2ccc(Cl)cc2)c1. The van der Waals surface area contributed by atoms with Crippen molar-refractivity contribution >= 4 is 57.7 Å². The van der Waals surface area contributed by atoms with E-state index in [0.29, 0.717) is 32.4 Å². The highest BCUT2D eigenvalue weighted by atomic mass is 35.5. The largest absolute Gasteiger partial charge is 0.465 e. The summed E-state index contributed by atoms with van der Waals surface area (Å²) in [5, 5.41) is 1.29. The van der Waals surface area contributed by atoms with Gasteiger partial charge in [-0.05, 0) is 91.0 Å². The Morgan fingerprint density at radius 3 is 1.47 bits per heavy atom. The van der Waals surface area contributed by atoms with E-state index in [2.05, 4.69) is 0 Å². The molecule has 0 saturated carbocycles. The Balaban J connectivity index is 1.65. The molecule has 0 saturated heterocycles. The summed E-state index contributed by atoms with van der Waals surface area (Å²) in [5.41, 5.74) is 4.59. The second kappa shape index (κ2) is 10.9. The van der Waals surface area contributed by atoms with Gasteiger partial charge >= 0.3 is 5.97 Å². The molecular weight excluding hydrogens is 495 g/mol. The van der Waals surface area contributed by atoms with Gasteiger partial charge in [0, 0.05) is 58.0 Å². The highest BCUT2D eigenvalue weighted by Crippen LogP contribution is 2.29. The van der Waals surface area contributed by atoms with Gasteiger partial charge < -0.3 is 14.5 Å². The fourth-order valence-corrected chi connectivity index (χ4v) is 4.05. The van der Waals surface area contributed by atoms with E-state index in [1.54, 1.807) is 42.5 Å². The molecule has 4 aromatic carbocycles. The molecule has 0 radical (unpaired) electrons. The molecule has 5 nitrogen and oxygen atoms in total. The van der Waals surface area contributed by atoms with Crippen LogP contribution in [-0.2, 0) is 4.74 Å². The number of hydrogen-bond acceptors (Lipinski definition) is 5. The molecule has 0 bridgehead atoms. The van der Waals surface area contributed by atoms with E-state index in [-0.39, 0.29) is 5.78 Å². The second-order valence-electron chi connectivity index (χ2n) is 8.21. The first-order chi connectivity index (χ1) is 17.3. The maximum Gasteiger partial charge on any atom is 0.337 e. The van der Waals surface area contributed by atoms with Crippen LogP contribution in [0, 0.1) is 0 Å². The van der Waals surface area contributed by atoms with Crippen LogP contribution >= 0.6 is 23.2 Å². The zero-order valence-electron chi connectivity index (χ0n) is 20.0. The number of ketones is 1. The highest BCUT2D eigenvalue weighted by molar-refractivity contribution is 6.31. The summed E-state index contributed by atoms with van der Waals surface area (Å²) in [6, 6.07) is 27.1. The minimum atomic E-state index is -0.518. The molecule has 0 unspecified atom stereocenters. The molecule has 0 aliphatic rings. The molecule has 0 aromatic heterocycles. The molecule has 0 aliphatic carbocycles. The van der Waals surface area contributed by atoms with Gasteiger partial charge in [0.15, 0.2) is 5.78 Å². The minimum Gasteiger partial charge on any atom is -0.465 e. The van der Waals surface area contributed by atoms with Gasteiger partial charge in [-0.25, -0.2) is 4.79 Å². The van der Waals surface area contributed by atoms with E-state index in [1.807, 2.05) is 72.4 Å². The molecule has 7 heteroatoms. The van der Waals surface area contributed by atoms with Crippen molar-refractivity contribution in [3.05, 3.63) is 118 Å². The van der Waals surface area contributed by atoms with E-state index in [1.165, 1.54) is 7.11 Å². The van der Waals surface area contributed by atoms with E-state index in [4.69, 9.17) is 27.9 Å². The first kappa shape index (κ1) is 25.3. The van der Waals surface area contributed by atoms with Crippen molar-refractivity contribution < 1.29 is 14.3 Å². The van der Waals surface area contributed by atoms with Crippen LogP contribution in [0.2, 0.25) is 10.0 Å². The summed E-state index contributed by atoms with van der Waals surface area (Å²) in [7, 11) is 5.11. The number of esters is 1. The van der Waals surface area contributed by atoms with Gasteiger partial charge in [0.1, 0.15) is 0 Å². The molecule has 0 amide bonds. The first-order valence-corrected chi connectivity index (χ1v) is 11.9. The summed E-state index contributed by atoms with van der Waals surface area (Å²) in [6.45, 7) is 0. The molecule has 4 rings (SSSR count). The molecule has 0 spiro atoms. The van der Waals surface area contributed by atoms with Crippen LogP contribution < -0.4 is 9.80 Å². The van der Waals surface area contributed by atoms with Crippen molar-refractivity contribution in [3.8, 4) is 0 Å². The summed E-state index contributed by atoms with van der Waals surface area (Å²) in [6.07, 6.45) is 0. The number of carbonyl (C=O) groups excluding carboxylic acids is 2. The maximum atomic E-state index is 13.4. The zero-order chi connectivity index (χ0) is 25.8. The lowest BCUT2D eigenvalue weighted by Gasteiger charge is -2.21. The van der Waals surface area contributed by atoms with Gasteiger partial charge in [-0.3, -0.25) is 4.79 Å². The summed E-state index contributed by atoms with van der Waals surface area (Å²) in [4.78, 5) is 29.7. The van der Waals surface area contributed by atoms with Gasteiger partial charge in [-0.2, -0.15) is 0 Å². The number of nitrogens with zero attached hydrogens (tertiary/aromatic N) is 2. The summed E-state index contributed by atoms with van der Waals surface area (Å²) < 4.78 is 4.92. The standard InChI is InChI=1S/C29H24Cl2N2O3/c1-32(25-12-6-22(30)7-13-25)24-10-4-19(5-11-24)28(34)20-16-21(29(35)36-3)18-27(17-20)33(2)26-14-8-23(31)9-15-26/h4-18H,1-3H3. The number of rotatable bonds is 7. The van der Waals surface area contributed by atoms with Gasteiger partial charge in [0.2, 0.25) is 0 Å². The van der Waals surface area contributed by atoms with Gasteiger partial charge in [-0.15, -0.1) is 0 Å². The van der Waals surface area contributed by atoms with Crippen molar-refractivity contribution in [1.82, 2.24) is 0 Å². The number of halogens is 2. The lowest BCUT2D eigenvalue weighted by Crippen LogP contribution is -2.13.